The van der Waals surface area contributed by atoms with Crippen LogP contribution in [0.15, 0.2) is 35.2 Å². The highest BCUT2D eigenvalue weighted by Crippen LogP contribution is 2.33. The molecule has 0 atom stereocenters. The minimum Gasteiger partial charge on any atom is -0.369 e. The fourth-order valence-corrected chi connectivity index (χ4v) is 4.21. The highest BCUT2D eigenvalue weighted by molar-refractivity contribution is 7.92. The van der Waals surface area contributed by atoms with Gasteiger partial charge < -0.3 is 11.1 Å². The summed E-state index contributed by atoms with van der Waals surface area (Å²) in [6, 6.07) is 7.16. The fraction of sp³-hybridized carbons (Fsp3) is 0.353. The maximum Gasteiger partial charge on any atom is 0.256 e. The Morgan fingerprint density at radius 1 is 1.19 bits per heavy atom. The Balaban J connectivity index is 1.67. The molecule has 1 fully saturated rings. The predicted octanol–water partition coefficient (Wildman–Crippen LogP) is 1.58. The van der Waals surface area contributed by atoms with Crippen molar-refractivity contribution in [2.75, 3.05) is 11.1 Å². The molecule has 26 heavy (non-hydrogen) atoms. The van der Waals surface area contributed by atoms with E-state index in [0.29, 0.717) is 11.7 Å². The second kappa shape index (κ2) is 7.28. The molecule has 9 heteroatoms. The molecule has 1 heterocycles. The van der Waals surface area contributed by atoms with Crippen molar-refractivity contribution >= 4 is 27.5 Å². The smallest absolute Gasteiger partial charge is 0.256 e. The SMILES string of the molecule is NC(=O)CS(=O)(=O)c1ccc(C(=O)Nc2cc(C3CCCC3)[nH]n2)cc1. The molecule has 2 amide bonds. The summed E-state index contributed by atoms with van der Waals surface area (Å²) in [5.41, 5.74) is 6.24. The van der Waals surface area contributed by atoms with E-state index >= 15 is 0 Å². The van der Waals surface area contributed by atoms with E-state index in [9.17, 15) is 18.0 Å². The van der Waals surface area contributed by atoms with Crippen LogP contribution in [0.1, 0.15) is 47.7 Å². The van der Waals surface area contributed by atoms with Gasteiger partial charge in [-0.1, -0.05) is 12.8 Å². The number of nitrogens with one attached hydrogen (secondary N) is 2. The van der Waals surface area contributed by atoms with Gasteiger partial charge in [0.1, 0.15) is 5.75 Å². The summed E-state index contributed by atoms with van der Waals surface area (Å²) < 4.78 is 23.9. The lowest BCUT2D eigenvalue weighted by atomic mass is 10.0. The van der Waals surface area contributed by atoms with Gasteiger partial charge in [0.2, 0.25) is 5.91 Å². The maximum atomic E-state index is 12.3. The number of hydrogen-bond donors (Lipinski definition) is 3. The molecule has 1 aliphatic rings. The van der Waals surface area contributed by atoms with Gasteiger partial charge in [-0.15, -0.1) is 0 Å². The van der Waals surface area contributed by atoms with Crippen LogP contribution in [-0.4, -0.2) is 36.2 Å². The zero-order chi connectivity index (χ0) is 18.7. The summed E-state index contributed by atoms with van der Waals surface area (Å²) in [6.07, 6.45) is 4.65. The van der Waals surface area contributed by atoms with Crippen molar-refractivity contribution in [2.45, 2.75) is 36.5 Å². The first kappa shape index (κ1) is 18.1. The van der Waals surface area contributed by atoms with Gasteiger partial charge in [-0.2, -0.15) is 5.10 Å². The Morgan fingerprint density at radius 3 is 2.46 bits per heavy atom. The van der Waals surface area contributed by atoms with Crippen LogP contribution in [0.4, 0.5) is 5.82 Å². The largest absolute Gasteiger partial charge is 0.369 e. The number of carbonyl (C=O) groups excluding carboxylic acids is 2. The summed E-state index contributed by atoms with van der Waals surface area (Å²) in [5.74, 6) is -1.20. The zero-order valence-electron chi connectivity index (χ0n) is 14.1. The van der Waals surface area contributed by atoms with Gasteiger partial charge in [0.25, 0.3) is 5.91 Å². The number of carbonyl (C=O) groups is 2. The molecule has 1 aromatic heterocycles. The number of nitrogens with two attached hydrogens (primary N) is 1. The molecule has 0 aliphatic heterocycles. The van der Waals surface area contributed by atoms with Gasteiger partial charge in [0.15, 0.2) is 15.7 Å². The van der Waals surface area contributed by atoms with Gasteiger partial charge in [-0.3, -0.25) is 14.7 Å². The summed E-state index contributed by atoms with van der Waals surface area (Å²) in [5, 5.41) is 9.76. The van der Waals surface area contributed by atoms with Crippen LogP contribution in [0.2, 0.25) is 0 Å². The molecule has 0 radical (unpaired) electrons. The molecule has 4 N–H and O–H groups in total. The lowest BCUT2D eigenvalue weighted by Crippen LogP contribution is -2.23. The minimum atomic E-state index is -3.79. The standard InChI is InChI=1S/C17H20N4O4S/c18-15(22)10-26(24,25)13-7-5-12(6-8-13)17(23)19-16-9-14(20-21-16)11-3-1-2-4-11/h5-9,11H,1-4,10H2,(H2,18,22)(H2,19,20,21,23). The summed E-state index contributed by atoms with van der Waals surface area (Å²) in [4.78, 5) is 23.1. The summed E-state index contributed by atoms with van der Waals surface area (Å²) >= 11 is 0. The molecule has 2 aromatic rings. The Bertz CT molecular complexity index is 912. The van der Waals surface area contributed by atoms with E-state index in [0.717, 1.165) is 18.5 Å². The number of amides is 2. The minimum absolute atomic E-state index is 0.0591. The number of hydrogen-bond acceptors (Lipinski definition) is 5. The normalized spacial score (nSPS) is 15.1. The summed E-state index contributed by atoms with van der Waals surface area (Å²) in [6.45, 7) is 0. The molecule has 8 nitrogen and oxygen atoms in total. The number of rotatable bonds is 6. The monoisotopic (exact) mass is 376 g/mol. The Morgan fingerprint density at radius 2 is 1.85 bits per heavy atom. The fourth-order valence-electron chi connectivity index (χ4n) is 3.12. The number of benzene rings is 1. The lowest BCUT2D eigenvalue weighted by molar-refractivity contribution is -0.115. The van der Waals surface area contributed by atoms with Crippen molar-refractivity contribution in [3.63, 3.8) is 0 Å². The van der Waals surface area contributed by atoms with E-state index in [4.69, 9.17) is 5.73 Å². The first-order valence-electron chi connectivity index (χ1n) is 8.33. The van der Waals surface area contributed by atoms with Crippen molar-refractivity contribution in [1.82, 2.24) is 10.2 Å². The number of aromatic amines is 1. The number of H-pyrrole nitrogens is 1. The van der Waals surface area contributed by atoms with Crippen LogP contribution in [0, 0.1) is 0 Å². The average Bonchev–Trinajstić information content (AvgIpc) is 3.25. The average molecular weight is 376 g/mol. The van der Waals surface area contributed by atoms with Crippen molar-refractivity contribution < 1.29 is 18.0 Å². The van der Waals surface area contributed by atoms with Crippen LogP contribution < -0.4 is 11.1 Å². The molecule has 1 aromatic carbocycles. The molecule has 0 spiro atoms. The molecule has 0 bridgehead atoms. The number of anilines is 1. The molecule has 1 aliphatic carbocycles. The molecule has 0 saturated heterocycles. The van der Waals surface area contributed by atoms with Crippen LogP contribution in [0.3, 0.4) is 0 Å². The molecule has 3 rings (SSSR count). The van der Waals surface area contributed by atoms with Gasteiger partial charge in [-0.25, -0.2) is 8.42 Å². The number of primary amides is 1. The molecule has 138 valence electrons. The van der Waals surface area contributed by atoms with Gasteiger partial charge >= 0.3 is 0 Å². The maximum absolute atomic E-state index is 12.3. The zero-order valence-corrected chi connectivity index (χ0v) is 14.9. The quantitative estimate of drug-likeness (QED) is 0.703. The lowest BCUT2D eigenvalue weighted by Gasteiger charge is -2.05. The molecule has 0 unspecified atom stereocenters. The van der Waals surface area contributed by atoms with Crippen molar-refractivity contribution in [3.8, 4) is 0 Å². The van der Waals surface area contributed by atoms with Gasteiger partial charge in [0, 0.05) is 23.2 Å². The Labute approximate surface area is 151 Å². The van der Waals surface area contributed by atoms with Crippen molar-refractivity contribution in [2.24, 2.45) is 5.73 Å². The van der Waals surface area contributed by atoms with E-state index in [1.54, 1.807) is 0 Å². The van der Waals surface area contributed by atoms with Gasteiger partial charge in [-0.05, 0) is 37.1 Å². The van der Waals surface area contributed by atoms with E-state index < -0.39 is 27.4 Å². The van der Waals surface area contributed by atoms with E-state index in [1.165, 1.54) is 37.1 Å². The van der Waals surface area contributed by atoms with Crippen LogP contribution in [-0.2, 0) is 14.6 Å². The highest BCUT2D eigenvalue weighted by atomic mass is 32.2. The third kappa shape index (κ3) is 4.10. The van der Waals surface area contributed by atoms with Crippen LogP contribution >= 0.6 is 0 Å². The highest BCUT2D eigenvalue weighted by Gasteiger charge is 2.20. The second-order valence-electron chi connectivity index (χ2n) is 6.39. The van der Waals surface area contributed by atoms with Gasteiger partial charge in [0.05, 0.1) is 4.90 Å². The topological polar surface area (TPSA) is 135 Å². The third-order valence-corrected chi connectivity index (χ3v) is 6.10. The van der Waals surface area contributed by atoms with E-state index in [-0.39, 0.29) is 10.5 Å². The van der Waals surface area contributed by atoms with Crippen molar-refractivity contribution in [1.29, 1.82) is 0 Å². The van der Waals surface area contributed by atoms with Crippen molar-refractivity contribution in [3.05, 3.63) is 41.6 Å². The molecular formula is C17H20N4O4S. The number of sulfone groups is 1. The first-order chi connectivity index (χ1) is 12.3. The predicted molar refractivity (Wildman–Crippen MR) is 95.4 cm³/mol. The van der Waals surface area contributed by atoms with E-state index in [1.807, 2.05) is 6.07 Å². The van der Waals surface area contributed by atoms with E-state index in [2.05, 4.69) is 15.5 Å². The van der Waals surface area contributed by atoms with Crippen LogP contribution in [0.25, 0.3) is 0 Å². The summed E-state index contributed by atoms with van der Waals surface area (Å²) in [7, 11) is -3.79. The number of nitrogens with zero attached hydrogens (tertiary/aromatic N) is 1. The van der Waals surface area contributed by atoms with Crippen LogP contribution in [0.5, 0.6) is 0 Å². The molecule has 1 saturated carbocycles. The number of aromatic nitrogens is 2. The Hall–Kier alpha value is -2.68. The molecular weight excluding hydrogens is 356 g/mol. The first-order valence-corrected chi connectivity index (χ1v) is 9.98. The third-order valence-electron chi connectivity index (χ3n) is 4.44. The Kier molecular flexibility index (Phi) is 5.08. The second-order valence-corrected chi connectivity index (χ2v) is 8.38.